The molecule has 0 aliphatic heterocycles. The number of carbonyl (C=O) groups excluding carboxylic acids is 2. The number of benzene rings is 1. The molecule has 0 fully saturated rings. The fraction of sp³-hybridized carbons (Fsp3) is 0.353. The molecule has 0 N–H and O–H groups in total. The summed E-state index contributed by atoms with van der Waals surface area (Å²) in [4.78, 5) is 30.0. The van der Waals surface area contributed by atoms with E-state index in [4.69, 9.17) is 9.47 Å². The summed E-state index contributed by atoms with van der Waals surface area (Å²) < 4.78 is 23.8. The number of hydrogen-bond donors (Lipinski definition) is 0. The van der Waals surface area contributed by atoms with Gasteiger partial charge in [-0.2, -0.15) is 0 Å². The van der Waals surface area contributed by atoms with Crippen LogP contribution in [-0.2, 0) is 16.0 Å². The summed E-state index contributed by atoms with van der Waals surface area (Å²) >= 11 is 1.24. The Morgan fingerprint density at radius 1 is 1.32 bits per heavy atom. The minimum absolute atomic E-state index is 0.0132. The molecule has 0 radical (unpaired) electrons. The van der Waals surface area contributed by atoms with Crippen LogP contribution in [0.2, 0.25) is 0 Å². The normalized spacial score (nSPS) is 10.5. The van der Waals surface area contributed by atoms with Crippen LogP contribution >= 0.6 is 11.3 Å². The van der Waals surface area contributed by atoms with Crippen molar-refractivity contribution in [3.05, 3.63) is 51.7 Å². The van der Waals surface area contributed by atoms with Gasteiger partial charge in [-0.05, 0) is 19.1 Å². The zero-order valence-corrected chi connectivity index (χ0v) is 14.8. The number of halogens is 1. The van der Waals surface area contributed by atoms with E-state index in [-0.39, 0.29) is 31.0 Å². The van der Waals surface area contributed by atoms with Crippen LogP contribution in [0.3, 0.4) is 0 Å². The second-order valence-corrected chi connectivity index (χ2v) is 5.99. The van der Waals surface area contributed by atoms with Crippen molar-refractivity contribution in [2.24, 2.45) is 0 Å². The van der Waals surface area contributed by atoms with Crippen LogP contribution in [-0.4, -0.2) is 48.6 Å². The number of methoxy groups -OCH3 is 1. The largest absolute Gasteiger partial charge is 0.461 e. The third-order valence-corrected chi connectivity index (χ3v) is 4.15. The fourth-order valence-electron chi connectivity index (χ4n) is 2.10. The Labute approximate surface area is 149 Å². The molecule has 1 aromatic carbocycles. The molecule has 0 aliphatic rings. The molecule has 8 heteroatoms. The molecule has 0 spiro atoms. The van der Waals surface area contributed by atoms with Gasteiger partial charge in [-0.1, -0.05) is 12.1 Å². The highest BCUT2D eigenvalue weighted by Gasteiger charge is 2.21. The summed E-state index contributed by atoms with van der Waals surface area (Å²) in [7, 11) is 1.52. The van der Waals surface area contributed by atoms with E-state index in [1.54, 1.807) is 18.4 Å². The second kappa shape index (κ2) is 9.24. The zero-order valence-electron chi connectivity index (χ0n) is 14.0. The standard InChI is InChI=1S/C17H19FN2O4S/c1-3-24-17(22)14-11-25-15(19-14)10-20(8-9-23-2)16(21)12-6-4-5-7-13(12)18/h4-7,11H,3,8-10H2,1-2H3. The average Bonchev–Trinajstić information content (AvgIpc) is 3.07. The predicted octanol–water partition coefficient (Wildman–Crippen LogP) is 2.75. The van der Waals surface area contributed by atoms with Crippen molar-refractivity contribution < 1.29 is 23.5 Å². The van der Waals surface area contributed by atoms with E-state index in [2.05, 4.69) is 4.98 Å². The predicted molar refractivity (Wildman–Crippen MR) is 91.1 cm³/mol. The summed E-state index contributed by atoms with van der Waals surface area (Å²) in [6, 6.07) is 5.80. The molecule has 1 amide bonds. The lowest BCUT2D eigenvalue weighted by molar-refractivity contribution is 0.0520. The van der Waals surface area contributed by atoms with E-state index in [1.165, 1.54) is 41.5 Å². The Balaban J connectivity index is 2.16. The molecule has 0 unspecified atom stereocenters. The monoisotopic (exact) mass is 366 g/mol. The summed E-state index contributed by atoms with van der Waals surface area (Å²) in [6.07, 6.45) is 0. The lowest BCUT2D eigenvalue weighted by Crippen LogP contribution is -2.34. The highest BCUT2D eigenvalue weighted by atomic mass is 32.1. The maximum Gasteiger partial charge on any atom is 0.357 e. The first-order valence-electron chi connectivity index (χ1n) is 7.71. The number of esters is 1. The third-order valence-electron chi connectivity index (χ3n) is 3.32. The number of carbonyl (C=O) groups is 2. The minimum atomic E-state index is -0.582. The molecule has 6 nitrogen and oxygen atoms in total. The molecular weight excluding hydrogens is 347 g/mol. The van der Waals surface area contributed by atoms with Crippen molar-refractivity contribution >= 4 is 23.2 Å². The van der Waals surface area contributed by atoms with Crippen LogP contribution in [0.4, 0.5) is 4.39 Å². The smallest absolute Gasteiger partial charge is 0.357 e. The molecule has 25 heavy (non-hydrogen) atoms. The van der Waals surface area contributed by atoms with E-state index in [0.717, 1.165) is 0 Å². The topological polar surface area (TPSA) is 68.7 Å². The number of hydrogen-bond acceptors (Lipinski definition) is 6. The van der Waals surface area contributed by atoms with Crippen molar-refractivity contribution in [3.8, 4) is 0 Å². The minimum Gasteiger partial charge on any atom is -0.461 e. The van der Waals surface area contributed by atoms with E-state index in [0.29, 0.717) is 11.6 Å². The molecule has 0 atom stereocenters. The molecule has 134 valence electrons. The Kier molecular flexibility index (Phi) is 7.03. The first kappa shape index (κ1) is 19.0. The van der Waals surface area contributed by atoms with Gasteiger partial charge in [0.15, 0.2) is 5.69 Å². The average molecular weight is 366 g/mol. The van der Waals surface area contributed by atoms with Gasteiger partial charge in [0, 0.05) is 19.0 Å². The Bertz CT molecular complexity index is 735. The molecule has 2 aromatic rings. The highest BCUT2D eigenvalue weighted by molar-refractivity contribution is 7.09. The van der Waals surface area contributed by atoms with Crippen LogP contribution in [0.15, 0.2) is 29.6 Å². The van der Waals surface area contributed by atoms with E-state index in [9.17, 15) is 14.0 Å². The van der Waals surface area contributed by atoms with Crippen molar-refractivity contribution in [1.82, 2.24) is 9.88 Å². The Hall–Kier alpha value is -2.32. The van der Waals surface area contributed by atoms with Crippen LogP contribution in [0.1, 0.15) is 32.8 Å². The van der Waals surface area contributed by atoms with Crippen molar-refractivity contribution in [2.75, 3.05) is 26.9 Å². The lowest BCUT2D eigenvalue weighted by Gasteiger charge is -2.21. The molecule has 0 saturated heterocycles. The molecule has 2 rings (SSSR count). The number of thiazole rings is 1. The van der Waals surface area contributed by atoms with Gasteiger partial charge in [-0.25, -0.2) is 14.2 Å². The maximum absolute atomic E-state index is 13.9. The van der Waals surface area contributed by atoms with Crippen LogP contribution in [0, 0.1) is 5.82 Å². The summed E-state index contributed by atoms with van der Waals surface area (Å²) in [5.41, 5.74) is 0.188. The molecule has 0 aliphatic carbocycles. The fourth-order valence-corrected chi connectivity index (χ4v) is 2.88. The van der Waals surface area contributed by atoms with E-state index < -0.39 is 17.7 Å². The molecule has 0 saturated carbocycles. The molecule has 1 heterocycles. The SMILES string of the molecule is CCOC(=O)c1csc(CN(CCOC)C(=O)c2ccccc2F)n1. The summed E-state index contributed by atoms with van der Waals surface area (Å²) in [5.74, 6) is -1.54. The van der Waals surface area contributed by atoms with Gasteiger partial charge in [0.25, 0.3) is 5.91 Å². The maximum atomic E-state index is 13.9. The quantitative estimate of drug-likeness (QED) is 0.672. The van der Waals surface area contributed by atoms with Crippen LogP contribution in [0.25, 0.3) is 0 Å². The molecule has 1 aromatic heterocycles. The molecule has 0 bridgehead atoms. The number of amides is 1. The van der Waals surface area contributed by atoms with Gasteiger partial charge in [-0.3, -0.25) is 4.79 Å². The number of nitrogens with zero attached hydrogens (tertiary/aromatic N) is 2. The second-order valence-electron chi connectivity index (χ2n) is 5.05. The van der Waals surface area contributed by atoms with E-state index in [1.807, 2.05) is 0 Å². The first-order chi connectivity index (χ1) is 12.1. The van der Waals surface area contributed by atoms with Crippen LogP contribution in [0.5, 0.6) is 0 Å². The number of ether oxygens (including phenoxy) is 2. The Morgan fingerprint density at radius 3 is 2.76 bits per heavy atom. The van der Waals surface area contributed by atoms with Gasteiger partial charge in [0.05, 0.1) is 25.3 Å². The Morgan fingerprint density at radius 2 is 2.08 bits per heavy atom. The van der Waals surface area contributed by atoms with Crippen molar-refractivity contribution in [3.63, 3.8) is 0 Å². The highest BCUT2D eigenvalue weighted by Crippen LogP contribution is 2.16. The molecular formula is C17H19FN2O4S. The lowest BCUT2D eigenvalue weighted by atomic mass is 10.2. The summed E-state index contributed by atoms with van der Waals surface area (Å²) in [6.45, 7) is 2.71. The summed E-state index contributed by atoms with van der Waals surface area (Å²) in [5, 5.41) is 2.14. The van der Waals surface area contributed by atoms with Gasteiger partial charge in [0.1, 0.15) is 10.8 Å². The van der Waals surface area contributed by atoms with Gasteiger partial charge < -0.3 is 14.4 Å². The number of aromatic nitrogens is 1. The van der Waals surface area contributed by atoms with Crippen LogP contribution < -0.4 is 0 Å². The van der Waals surface area contributed by atoms with E-state index >= 15 is 0 Å². The zero-order chi connectivity index (χ0) is 18.2. The number of rotatable bonds is 8. The van der Waals surface area contributed by atoms with Gasteiger partial charge >= 0.3 is 5.97 Å². The van der Waals surface area contributed by atoms with Gasteiger partial charge in [0.2, 0.25) is 0 Å². The first-order valence-corrected chi connectivity index (χ1v) is 8.59. The van der Waals surface area contributed by atoms with Crippen molar-refractivity contribution in [1.29, 1.82) is 0 Å². The third kappa shape index (κ3) is 5.07. The van der Waals surface area contributed by atoms with Gasteiger partial charge in [-0.15, -0.1) is 11.3 Å². The van der Waals surface area contributed by atoms with Crippen molar-refractivity contribution in [2.45, 2.75) is 13.5 Å².